The molecule has 0 bridgehead atoms. The Morgan fingerprint density at radius 2 is 1.78 bits per heavy atom. The van der Waals surface area contributed by atoms with E-state index in [1.165, 1.54) is 0 Å². The molecular formula is C24H27ClN2O4S. The van der Waals surface area contributed by atoms with Gasteiger partial charge in [0.1, 0.15) is 0 Å². The van der Waals surface area contributed by atoms with E-state index in [1.54, 1.807) is 42.2 Å². The fourth-order valence-corrected chi connectivity index (χ4v) is 7.38. The van der Waals surface area contributed by atoms with Gasteiger partial charge in [-0.3, -0.25) is 9.59 Å². The molecule has 32 heavy (non-hydrogen) atoms. The number of anilines is 2. The highest BCUT2D eigenvalue weighted by molar-refractivity contribution is 7.93. The number of hydrogen-bond acceptors (Lipinski definition) is 4. The zero-order valence-electron chi connectivity index (χ0n) is 18.3. The first-order valence-electron chi connectivity index (χ1n) is 10.9. The van der Waals surface area contributed by atoms with Crippen LogP contribution in [0.15, 0.2) is 41.3 Å². The maximum Gasteiger partial charge on any atom is 0.246 e. The summed E-state index contributed by atoms with van der Waals surface area (Å²) >= 11 is 6.41. The number of sulfone groups is 1. The van der Waals surface area contributed by atoms with E-state index >= 15 is 0 Å². The Labute approximate surface area is 193 Å². The Morgan fingerprint density at radius 3 is 2.41 bits per heavy atom. The summed E-state index contributed by atoms with van der Waals surface area (Å²) in [7, 11) is -3.91. The average Bonchev–Trinajstić information content (AvgIpc) is 3.40. The molecule has 1 saturated carbocycles. The highest BCUT2D eigenvalue weighted by atomic mass is 35.5. The summed E-state index contributed by atoms with van der Waals surface area (Å²) in [6.45, 7) is 4.21. The summed E-state index contributed by atoms with van der Waals surface area (Å²) in [5.41, 5.74) is 2.49. The van der Waals surface area contributed by atoms with E-state index < -0.39 is 20.5 Å². The van der Waals surface area contributed by atoms with Gasteiger partial charge < -0.3 is 10.2 Å². The summed E-state index contributed by atoms with van der Waals surface area (Å²) < 4.78 is 26.0. The molecule has 1 N–H and O–H groups in total. The number of nitrogens with zero attached hydrogens (tertiary/aromatic N) is 1. The van der Waals surface area contributed by atoms with Crippen LogP contribution in [0.25, 0.3) is 0 Å². The number of hydrogen-bond donors (Lipinski definition) is 1. The molecule has 1 heterocycles. The van der Waals surface area contributed by atoms with Crippen molar-refractivity contribution in [3.05, 3.63) is 52.5 Å². The van der Waals surface area contributed by atoms with E-state index in [4.69, 9.17) is 11.6 Å². The number of benzene rings is 2. The van der Waals surface area contributed by atoms with E-state index in [-0.39, 0.29) is 23.6 Å². The van der Waals surface area contributed by atoms with Crippen LogP contribution in [0.3, 0.4) is 0 Å². The van der Waals surface area contributed by atoms with E-state index in [1.807, 2.05) is 13.0 Å². The van der Waals surface area contributed by atoms with Gasteiger partial charge in [0, 0.05) is 18.7 Å². The van der Waals surface area contributed by atoms with Crippen molar-refractivity contribution in [1.29, 1.82) is 0 Å². The smallest absolute Gasteiger partial charge is 0.246 e. The first-order valence-corrected chi connectivity index (χ1v) is 12.8. The Hall–Kier alpha value is -2.38. The van der Waals surface area contributed by atoms with Crippen LogP contribution in [-0.2, 0) is 19.4 Å². The molecule has 0 radical (unpaired) electrons. The van der Waals surface area contributed by atoms with Crippen molar-refractivity contribution < 1.29 is 18.0 Å². The Kier molecular flexibility index (Phi) is 6.07. The number of halogens is 1. The average molecular weight is 475 g/mol. The summed E-state index contributed by atoms with van der Waals surface area (Å²) in [5, 5.41) is 3.14. The van der Waals surface area contributed by atoms with Crippen molar-refractivity contribution in [3.8, 4) is 0 Å². The second-order valence-corrected chi connectivity index (χ2v) is 11.4. The largest absolute Gasteiger partial charge is 0.325 e. The molecule has 2 fully saturated rings. The second kappa shape index (κ2) is 8.52. The molecule has 0 aromatic heterocycles. The van der Waals surface area contributed by atoms with Crippen molar-refractivity contribution >= 4 is 44.6 Å². The molecule has 0 atom stereocenters. The highest BCUT2D eigenvalue weighted by Gasteiger charge is 2.53. The molecule has 0 spiro atoms. The van der Waals surface area contributed by atoms with Crippen LogP contribution in [-0.4, -0.2) is 31.5 Å². The molecule has 1 aliphatic carbocycles. The fraction of sp³-hybridized carbons (Fsp3) is 0.417. The topological polar surface area (TPSA) is 83.6 Å². The van der Waals surface area contributed by atoms with E-state index in [0.717, 1.165) is 12.0 Å². The normalized spacial score (nSPS) is 18.2. The zero-order valence-corrected chi connectivity index (χ0v) is 19.9. The maximum atomic E-state index is 13.8. The third-order valence-corrected chi connectivity index (χ3v) is 9.49. The number of carbonyl (C=O) groups is 2. The minimum absolute atomic E-state index is 0.0215. The lowest BCUT2D eigenvalue weighted by molar-refractivity contribution is -0.118. The van der Waals surface area contributed by atoms with Crippen molar-refractivity contribution in [2.75, 3.05) is 16.8 Å². The number of rotatable bonds is 5. The van der Waals surface area contributed by atoms with E-state index in [2.05, 4.69) is 5.32 Å². The fourth-order valence-electron chi connectivity index (χ4n) is 4.72. The molecule has 2 aliphatic rings. The molecule has 1 saturated heterocycles. The van der Waals surface area contributed by atoms with Crippen LogP contribution in [0.5, 0.6) is 0 Å². The number of amides is 2. The molecule has 2 aromatic carbocycles. The molecule has 2 amide bonds. The molecule has 1 aliphatic heterocycles. The standard InChI is InChI=1S/C24H27ClN2O4S/c1-16-7-8-17(2)21(14-16)32(30,31)24(11-3-4-12-24)23(29)26-18-9-10-20(19(25)15-18)27-13-5-6-22(27)28/h7-10,14-15H,3-6,11-13H2,1-2H3,(H,26,29). The van der Waals surface area contributed by atoms with Crippen LogP contribution in [0.2, 0.25) is 5.02 Å². The van der Waals surface area contributed by atoms with Crippen LogP contribution >= 0.6 is 11.6 Å². The lowest BCUT2D eigenvalue weighted by atomic mass is 10.1. The van der Waals surface area contributed by atoms with Gasteiger partial charge in [-0.25, -0.2) is 8.42 Å². The van der Waals surface area contributed by atoms with Crippen LogP contribution < -0.4 is 10.2 Å². The first-order chi connectivity index (χ1) is 15.2. The van der Waals surface area contributed by atoms with Gasteiger partial charge >= 0.3 is 0 Å². The van der Waals surface area contributed by atoms with E-state index in [9.17, 15) is 18.0 Å². The van der Waals surface area contributed by atoms with Crippen LogP contribution in [0.4, 0.5) is 11.4 Å². The predicted molar refractivity (Wildman–Crippen MR) is 126 cm³/mol. The van der Waals surface area contributed by atoms with Gasteiger partial charge in [-0.2, -0.15) is 0 Å². The van der Waals surface area contributed by atoms with Gasteiger partial charge in [-0.1, -0.05) is 36.6 Å². The van der Waals surface area contributed by atoms with Gasteiger partial charge in [0.2, 0.25) is 11.8 Å². The molecule has 2 aromatic rings. The van der Waals surface area contributed by atoms with Crippen molar-refractivity contribution in [2.24, 2.45) is 0 Å². The minimum Gasteiger partial charge on any atom is -0.325 e. The number of aryl methyl sites for hydroxylation is 2. The maximum absolute atomic E-state index is 13.8. The lowest BCUT2D eigenvalue weighted by Crippen LogP contribution is -2.47. The highest BCUT2D eigenvalue weighted by Crippen LogP contribution is 2.43. The molecule has 6 nitrogen and oxygen atoms in total. The quantitative estimate of drug-likeness (QED) is 0.674. The Balaban J connectivity index is 1.65. The van der Waals surface area contributed by atoms with Gasteiger partial charge in [0.15, 0.2) is 14.6 Å². The van der Waals surface area contributed by atoms with Crippen molar-refractivity contribution in [3.63, 3.8) is 0 Å². The monoisotopic (exact) mass is 474 g/mol. The van der Waals surface area contributed by atoms with Crippen molar-refractivity contribution in [1.82, 2.24) is 0 Å². The minimum atomic E-state index is -3.91. The second-order valence-electron chi connectivity index (χ2n) is 8.74. The van der Waals surface area contributed by atoms with Gasteiger partial charge in [-0.15, -0.1) is 0 Å². The first kappa shape index (κ1) is 22.8. The summed E-state index contributed by atoms with van der Waals surface area (Å²) in [6.07, 6.45) is 3.19. The van der Waals surface area contributed by atoms with Gasteiger partial charge in [0.05, 0.1) is 15.6 Å². The number of nitrogens with one attached hydrogen (secondary N) is 1. The predicted octanol–water partition coefficient (Wildman–Crippen LogP) is 4.81. The summed E-state index contributed by atoms with van der Waals surface area (Å²) in [4.78, 5) is 27.3. The third kappa shape index (κ3) is 3.82. The third-order valence-electron chi connectivity index (χ3n) is 6.54. The molecular weight excluding hydrogens is 448 g/mol. The SMILES string of the molecule is Cc1ccc(C)c(S(=O)(=O)C2(C(=O)Nc3ccc(N4CCCC4=O)c(Cl)c3)CCCC2)c1. The van der Waals surface area contributed by atoms with Crippen LogP contribution in [0.1, 0.15) is 49.7 Å². The molecule has 170 valence electrons. The van der Waals surface area contributed by atoms with Gasteiger partial charge in [-0.05, 0) is 68.5 Å². The Morgan fingerprint density at radius 1 is 1.06 bits per heavy atom. The molecule has 4 rings (SSSR count). The zero-order chi connectivity index (χ0) is 23.1. The van der Waals surface area contributed by atoms with E-state index in [0.29, 0.717) is 47.8 Å². The number of carbonyl (C=O) groups excluding carboxylic acids is 2. The summed E-state index contributed by atoms with van der Waals surface area (Å²) in [6, 6.07) is 10.2. The van der Waals surface area contributed by atoms with Gasteiger partial charge in [0.25, 0.3) is 0 Å². The lowest BCUT2D eigenvalue weighted by Gasteiger charge is -2.28. The Bertz CT molecular complexity index is 1190. The molecule has 0 unspecified atom stereocenters. The molecule has 8 heteroatoms. The summed E-state index contributed by atoms with van der Waals surface area (Å²) in [5.74, 6) is -0.509. The van der Waals surface area contributed by atoms with Crippen LogP contribution in [0, 0.1) is 13.8 Å². The van der Waals surface area contributed by atoms with Crippen molar-refractivity contribution in [2.45, 2.75) is 62.0 Å².